The predicted octanol–water partition coefficient (Wildman–Crippen LogP) is 1.77. The molecule has 0 aliphatic heterocycles. The quantitative estimate of drug-likeness (QED) is 0.322. The number of halogens is 1. The average Bonchev–Trinajstić information content (AvgIpc) is 2.41. The molecule has 5 nitrogen and oxygen atoms in total. The number of amides is 1. The third kappa shape index (κ3) is 4.79. The summed E-state index contributed by atoms with van der Waals surface area (Å²) in [5.41, 5.74) is 6.54. The van der Waals surface area contributed by atoms with Crippen molar-refractivity contribution in [2.45, 2.75) is 19.8 Å². The van der Waals surface area contributed by atoms with Gasteiger partial charge in [-0.05, 0) is 30.5 Å². The SMILES string of the molecule is CCC(C(=O)NCCc1ccc(Cl)cc1)C(N)=NO. The van der Waals surface area contributed by atoms with Gasteiger partial charge in [-0.2, -0.15) is 0 Å². The van der Waals surface area contributed by atoms with Crippen LogP contribution in [-0.4, -0.2) is 23.5 Å². The fourth-order valence-electron chi connectivity index (χ4n) is 1.70. The maximum absolute atomic E-state index is 11.8. The molecule has 6 heteroatoms. The molecule has 0 aliphatic carbocycles. The van der Waals surface area contributed by atoms with Crippen LogP contribution < -0.4 is 11.1 Å². The number of benzene rings is 1. The number of nitrogens with two attached hydrogens (primary N) is 1. The Bertz CT molecular complexity index is 446. The molecule has 0 spiro atoms. The first-order valence-electron chi connectivity index (χ1n) is 6.08. The molecule has 0 saturated heterocycles. The number of carbonyl (C=O) groups is 1. The Balaban J connectivity index is 2.44. The van der Waals surface area contributed by atoms with Crippen molar-refractivity contribution in [3.8, 4) is 0 Å². The zero-order valence-electron chi connectivity index (χ0n) is 10.8. The van der Waals surface area contributed by atoms with Gasteiger partial charge in [-0.1, -0.05) is 35.8 Å². The van der Waals surface area contributed by atoms with Gasteiger partial charge in [0.1, 0.15) is 0 Å². The Kier molecular flexibility index (Phi) is 6.15. The summed E-state index contributed by atoms with van der Waals surface area (Å²) in [7, 11) is 0. The molecule has 19 heavy (non-hydrogen) atoms. The first-order valence-corrected chi connectivity index (χ1v) is 6.45. The Morgan fingerprint density at radius 1 is 1.47 bits per heavy atom. The molecule has 4 N–H and O–H groups in total. The smallest absolute Gasteiger partial charge is 0.230 e. The van der Waals surface area contributed by atoms with Gasteiger partial charge in [-0.25, -0.2) is 0 Å². The summed E-state index contributed by atoms with van der Waals surface area (Å²) >= 11 is 5.79. The van der Waals surface area contributed by atoms with Crippen LogP contribution in [0, 0.1) is 5.92 Å². The van der Waals surface area contributed by atoms with Crippen molar-refractivity contribution in [3.05, 3.63) is 34.9 Å². The highest BCUT2D eigenvalue weighted by molar-refractivity contribution is 6.30. The molecule has 0 aliphatic rings. The summed E-state index contributed by atoms with van der Waals surface area (Å²) in [5.74, 6) is -0.881. The molecular weight excluding hydrogens is 266 g/mol. The van der Waals surface area contributed by atoms with Crippen LogP contribution in [0.15, 0.2) is 29.4 Å². The van der Waals surface area contributed by atoms with E-state index in [-0.39, 0.29) is 11.7 Å². The molecule has 1 atom stereocenters. The lowest BCUT2D eigenvalue weighted by atomic mass is 10.0. The van der Waals surface area contributed by atoms with Crippen LogP contribution in [0.1, 0.15) is 18.9 Å². The Labute approximate surface area is 117 Å². The summed E-state index contributed by atoms with van der Waals surface area (Å²) in [5, 5.41) is 14.9. The number of hydrogen-bond acceptors (Lipinski definition) is 3. The van der Waals surface area contributed by atoms with Gasteiger partial charge >= 0.3 is 0 Å². The van der Waals surface area contributed by atoms with E-state index >= 15 is 0 Å². The van der Waals surface area contributed by atoms with Gasteiger partial charge < -0.3 is 16.3 Å². The molecule has 0 radical (unpaired) electrons. The van der Waals surface area contributed by atoms with Gasteiger partial charge in [-0.15, -0.1) is 0 Å². The zero-order chi connectivity index (χ0) is 14.3. The third-order valence-electron chi connectivity index (χ3n) is 2.82. The highest BCUT2D eigenvalue weighted by atomic mass is 35.5. The summed E-state index contributed by atoms with van der Waals surface area (Å²) in [4.78, 5) is 11.8. The molecule has 1 aromatic carbocycles. The number of rotatable bonds is 6. The normalized spacial score (nSPS) is 13.1. The lowest BCUT2D eigenvalue weighted by molar-refractivity contribution is -0.123. The van der Waals surface area contributed by atoms with Crippen LogP contribution in [-0.2, 0) is 11.2 Å². The van der Waals surface area contributed by atoms with E-state index in [1.54, 1.807) is 0 Å². The zero-order valence-corrected chi connectivity index (χ0v) is 11.5. The van der Waals surface area contributed by atoms with Crippen LogP contribution >= 0.6 is 11.6 Å². The van der Waals surface area contributed by atoms with Crippen molar-refractivity contribution >= 4 is 23.3 Å². The van der Waals surface area contributed by atoms with Crippen LogP contribution in [0.25, 0.3) is 0 Å². The van der Waals surface area contributed by atoms with Crippen molar-refractivity contribution < 1.29 is 10.0 Å². The molecule has 1 unspecified atom stereocenters. The van der Waals surface area contributed by atoms with E-state index in [2.05, 4.69) is 10.5 Å². The van der Waals surface area contributed by atoms with Gasteiger partial charge in [0.2, 0.25) is 5.91 Å². The maximum Gasteiger partial charge on any atom is 0.230 e. The van der Waals surface area contributed by atoms with E-state index < -0.39 is 5.92 Å². The molecule has 0 heterocycles. The van der Waals surface area contributed by atoms with E-state index in [0.717, 1.165) is 5.56 Å². The number of hydrogen-bond donors (Lipinski definition) is 3. The molecule has 0 aromatic heterocycles. The standard InChI is InChI=1S/C13H18ClN3O2/c1-2-11(12(15)17-19)13(18)16-8-7-9-3-5-10(14)6-4-9/h3-6,11,19H,2,7-8H2,1H3,(H2,15,17)(H,16,18). The summed E-state index contributed by atoms with van der Waals surface area (Å²) in [6.45, 7) is 2.30. The highest BCUT2D eigenvalue weighted by Gasteiger charge is 2.20. The van der Waals surface area contributed by atoms with E-state index in [1.165, 1.54) is 0 Å². The largest absolute Gasteiger partial charge is 0.409 e. The fourth-order valence-corrected chi connectivity index (χ4v) is 1.83. The van der Waals surface area contributed by atoms with Crippen LogP contribution in [0.5, 0.6) is 0 Å². The molecule has 104 valence electrons. The molecular formula is C13H18ClN3O2. The van der Waals surface area contributed by atoms with E-state index in [1.807, 2.05) is 31.2 Å². The van der Waals surface area contributed by atoms with Gasteiger partial charge in [0.15, 0.2) is 5.84 Å². The summed E-state index contributed by atoms with van der Waals surface area (Å²) in [6, 6.07) is 7.44. The number of nitrogens with zero attached hydrogens (tertiary/aromatic N) is 1. The molecule has 1 aromatic rings. The average molecular weight is 284 g/mol. The van der Waals surface area contributed by atoms with E-state index in [0.29, 0.717) is 24.4 Å². The molecule has 1 amide bonds. The minimum Gasteiger partial charge on any atom is -0.409 e. The van der Waals surface area contributed by atoms with Gasteiger partial charge in [-0.3, -0.25) is 4.79 Å². The third-order valence-corrected chi connectivity index (χ3v) is 3.08. The summed E-state index contributed by atoms with van der Waals surface area (Å²) in [6.07, 6.45) is 1.19. The summed E-state index contributed by atoms with van der Waals surface area (Å²) < 4.78 is 0. The van der Waals surface area contributed by atoms with Crippen LogP contribution in [0.4, 0.5) is 0 Å². The maximum atomic E-state index is 11.8. The number of nitrogens with one attached hydrogen (secondary N) is 1. The molecule has 0 bridgehead atoms. The Morgan fingerprint density at radius 3 is 2.63 bits per heavy atom. The second-order valence-corrected chi connectivity index (χ2v) is 4.59. The predicted molar refractivity (Wildman–Crippen MR) is 75.4 cm³/mol. The fraction of sp³-hybridized carbons (Fsp3) is 0.385. The van der Waals surface area contributed by atoms with E-state index in [4.69, 9.17) is 22.5 Å². The van der Waals surface area contributed by atoms with Crippen molar-refractivity contribution in [2.75, 3.05) is 6.54 Å². The Hall–Kier alpha value is -1.75. The van der Waals surface area contributed by atoms with Crippen molar-refractivity contribution in [3.63, 3.8) is 0 Å². The van der Waals surface area contributed by atoms with Gasteiger partial charge in [0.05, 0.1) is 5.92 Å². The molecule has 0 fully saturated rings. The second kappa shape index (κ2) is 7.63. The van der Waals surface area contributed by atoms with Crippen molar-refractivity contribution in [1.82, 2.24) is 5.32 Å². The van der Waals surface area contributed by atoms with Crippen molar-refractivity contribution in [1.29, 1.82) is 0 Å². The monoisotopic (exact) mass is 283 g/mol. The van der Waals surface area contributed by atoms with E-state index in [9.17, 15) is 4.79 Å². The van der Waals surface area contributed by atoms with Gasteiger partial charge in [0.25, 0.3) is 0 Å². The van der Waals surface area contributed by atoms with Crippen LogP contribution in [0.2, 0.25) is 5.02 Å². The molecule has 1 rings (SSSR count). The first-order chi connectivity index (χ1) is 9.08. The second-order valence-electron chi connectivity index (χ2n) is 4.15. The number of oxime groups is 1. The number of amidine groups is 1. The van der Waals surface area contributed by atoms with Crippen molar-refractivity contribution in [2.24, 2.45) is 16.8 Å². The van der Waals surface area contributed by atoms with Crippen LogP contribution in [0.3, 0.4) is 0 Å². The first kappa shape index (κ1) is 15.3. The number of carbonyl (C=O) groups excluding carboxylic acids is 1. The lowest BCUT2D eigenvalue weighted by Gasteiger charge is -2.13. The minimum atomic E-state index is -0.588. The minimum absolute atomic E-state index is 0.0634. The lowest BCUT2D eigenvalue weighted by Crippen LogP contribution is -2.39. The highest BCUT2D eigenvalue weighted by Crippen LogP contribution is 2.09. The Morgan fingerprint density at radius 2 is 2.11 bits per heavy atom. The van der Waals surface area contributed by atoms with Gasteiger partial charge in [0, 0.05) is 11.6 Å². The topological polar surface area (TPSA) is 87.7 Å². The molecule has 0 saturated carbocycles.